The van der Waals surface area contributed by atoms with Gasteiger partial charge in [0.05, 0.1) is 35.1 Å². The van der Waals surface area contributed by atoms with Crippen LogP contribution in [0.3, 0.4) is 0 Å². The molecule has 1 aliphatic carbocycles. The van der Waals surface area contributed by atoms with E-state index >= 15 is 0 Å². The number of rotatable bonds is 6. The maximum absolute atomic E-state index is 13.8. The highest BCUT2D eigenvalue weighted by Crippen LogP contribution is 2.43. The lowest BCUT2D eigenvalue weighted by Crippen LogP contribution is -2.20. The highest BCUT2D eigenvalue weighted by molar-refractivity contribution is 5.91. The monoisotopic (exact) mass is 468 g/mol. The maximum Gasteiger partial charge on any atom is 0.417 e. The molecule has 0 radical (unpaired) electrons. The summed E-state index contributed by atoms with van der Waals surface area (Å²) < 4.78 is 44.2. The molecule has 0 saturated heterocycles. The summed E-state index contributed by atoms with van der Waals surface area (Å²) in [5.74, 6) is -0.394. The SMILES string of the molecule is Cc1ccccc1Cn1cc(NC(=O)Cn2nc(C)c3c(C(F)(F)F)cc(C4CC4)nc32)cn1. The Morgan fingerprint density at radius 2 is 1.97 bits per heavy atom. The summed E-state index contributed by atoms with van der Waals surface area (Å²) in [6.07, 6.45) is 0.346. The fourth-order valence-electron chi connectivity index (χ4n) is 4.11. The fourth-order valence-corrected chi connectivity index (χ4v) is 4.11. The van der Waals surface area contributed by atoms with Crippen LogP contribution < -0.4 is 5.32 Å². The van der Waals surface area contributed by atoms with Gasteiger partial charge in [-0.1, -0.05) is 24.3 Å². The van der Waals surface area contributed by atoms with Crippen molar-refractivity contribution in [3.63, 3.8) is 0 Å². The number of carbonyl (C=O) groups excluding carboxylic acids is 1. The molecule has 10 heteroatoms. The Hall–Kier alpha value is -3.69. The lowest BCUT2D eigenvalue weighted by Gasteiger charge is -2.11. The molecule has 0 unspecified atom stereocenters. The molecule has 3 heterocycles. The van der Waals surface area contributed by atoms with Gasteiger partial charge < -0.3 is 5.32 Å². The average molecular weight is 468 g/mol. The topological polar surface area (TPSA) is 77.6 Å². The maximum atomic E-state index is 13.8. The number of halogens is 3. The average Bonchev–Trinajstić information content (AvgIpc) is 3.47. The van der Waals surface area contributed by atoms with Gasteiger partial charge in [0.2, 0.25) is 5.91 Å². The minimum Gasteiger partial charge on any atom is -0.322 e. The third-order valence-corrected chi connectivity index (χ3v) is 6.00. The van der Waals surface area contributed by atoms with E-state index in [0.717, 1.165) is 30.0 Å². The van der Waals surface area contributed by atoms with Gasteiger partial charge >= 0.3 is 6.18 Å². The van der Waals surface area contributed by atoms with E-state index in [9.17, 15) is 18.0 Å². The Morgan fingerprint density at radius 1 is 1.21 bits per heavy atom. The van der Waals surface area contributed by atoms with Crippen LogP contribution in [-0.2, 0) is 24.1 Å². The highest BCUT2D eigenvalue weighted by atomic mass is 19.4. The molecule has 0 atom stereocenters. The first-order valence-corrected chi connectivity index (χ1v) is 11.0. The third kappa shape index (κ3) is 4.40. The van der Waals surface area contributed by atoms with Crippen molar-refractivity contribution < 1.29 is 18.0 Å². The summed E-state index contributed by atoms with van der Waals surface area (Å²) >= 11 is 0. The summed E-state index contributed by atoms with van der Waals surface area (Å²) in [7, 11) is 0. The third-order valence-electron chi connectivity index (χ3n) is 6.00. The van der Waals surface area contributed by atoms with Crippen molar-refractivity contribution in [2.24, 2.45) is 0 Å². The fraction of sp³-hybridized carbons (Fsp3) is 0.333. The molecular formula is C24H23F3N6O. The van der Waals surface area contributed by atoms with E-state index in [-0.39, 0.29) is 29.2 Å². The number of amides is 1. The van der Waals surface area contributed by atoms with Gasteiger partial charge in [-0.3, -0.25) is 9.48 Å². The number of fused-ring (bicyclic) bond motifs is 1. The number of hydrogen-bond donors (Lipinski definition) is 1. The van der Waals surface area contributed by atoms with Gasteiger partial charge in [0, 0.05) is 17.8 Å². The Morgan fingerprint density at radius 3 is 2.68 bits per heavy atom. The van der Waals surface area contributed by atoms with Crippen molar-refractivity contribution in [1.82, 2.24) is 24.5 Å². The van der Waals surface area contributed by atoms with Crippen molar-refractivity contribution in [1.29, 1.82) is 0 Å². The van der Waals surface area contributed by atoms with Crippen molar-refractivity contribution >= 4 is 22.6 Å². The lowest BCUT2D eigenvalue weighted by molar-refractivity contribution is -0.136. The van der Waals surface area contributed by atoms with Crippen LogP contribution in [0.25, 0.3) is 11.0 Å². The molecule has 3 aromatic heterocycles. The van der Waals surface area contributed by atoms with Gasteiger partial charge in [-0.25, -0.2) is 9.67 Å². The van der Waals surface area contributed by atoms with E-state index in [4.69, 9.17) is 0 Å². The lowest BCUT2D eigenvalue weighted by atomic mass is 10.1. The standard InChI is InChI=1S/C24H23F3N6O/c1-14-5-3-4-6-17(14)11-32-12-18(10-28-32)29-21(34)13-33-23-22(15(2)31-33)19(24(25,26)27)9-20(30-23)16-7-8-16/h3-6,9-10,12,16H,7-8,11,13H2,1-2H3,(H,29,34). The van der Waals surface area contributed by atoms with Gasteiger partial charge in [0.25, 0.3) is 0 Å². The molecular weight excluding hydrogens is 445 g/mol. The number of nitrogens with one attached hydrogen (secondary N) is 1. The molecule has 1 amide bonds. The summed E-state index contributed by atoms with van der Waals surface area (Å²) in [5, 5.41) is 11.2. The molecule has 5 rings (SSSR count). The van der Waals surface area contributed by atoms with Crippen LogP contribution in [0, 0.1) is 13.8 Å². The predicted octanol–water partition coefficient (Wildman–Crippen LogP) is 4.83. The van der Waals surface area contributed by atoms with E-state index in [1.54, 1.807) is 10.9 Å². The predicted molar refractivity (Wildman–Crippen MR) is 120 cm³/mol. The first kappa shape index (κ1) is 22.1. The largest absolute Gasteiger partial charge is 0.417 e. The second-order valence-electron chi connectivity index (χ2n) is 8.71. The quantitative estimate of drug-likeness (QED) is 0.440. The van der Waals surface area contributed by atoms with Crippen LogP contribution in [0.2, 0.25) is 0 Å². The number of aryl methyl sites for hydroxylation is 2. The van der Waals surface area contributed by atoms with Crippen LogP contribution in [0.4, 0.5) is 18.9 Å². The summed E-state index contributed by atoms with van der Waals surface area (Å²) in [6, 6.07) is 9.08. The minimum absolute atomic E-state index is 0.0297. The first-order valence-electron chi connectivity index (χ1n) is 11.0. The number of nitrogens with zero attached hydrogens (tertiary/aromatic N) is 5. The van der Waals surface area contributed by atoms with Gasteiger partial charge in [-0.05, 0) is 43.9 Å². The Kier molecular flexibility index (Phi) is 5.38. The van der Waals surface area contributed by atoms with Gasteiger partial charge in [-0.15, -0.1) is 0 Å². The highest BCUT2D eigenvalue weighted by Gasteiger charge is 2.37. The van der Waals surface area contributed by atoms with Crippen LogP contribution in [-0.4, -0.2) is 30.5 Å². The summed E-state index contributed by atoms with van der Waals surface area (Å²) in [6.45, 7) is 3.82. The Balaban J connectivity index is 1.37. The van der Waals surface area contributed by atoms with Crippen molar-refractivity contribution in [2.75, 3.05) is 5.32 Å². The first-order chi connectivity index (χ1) is 16.2. The number of alkyl halides is 3. The van der Waals surface area contributed by atoms with Crippen LogP contribution in [0.15, 0.2) is 42.7 Å². The minimum atomic E-state index is -4.53. The van der Waals surface area contributed by atoms with Gasteiger partial charge in [0.15, 0.2) is 5.65 Å². The smallest absolute Gasteiger partial charge is 0.322 e. The number of benzene rings is 1. The zero-order valence-corrected chi connectivity index (χ0v) is 18.7. The number of anilines is 1. The number of hydrogen-bond acceptors (Lipinski definition) is 4. The molecule has 1 N–H and O–H groups in total. The van der Waals surface area contributed by atoms with Crippen LogP contribution in [0.5, 0.6) is 0 Å². The van der Waals surface area contributed by atoms with Gasteiger partial charge in [-0.2, -0.15) is 23.4 Å². The van der Waals surface area contributed by atoms with E-state index in [0.29, 0.717) is 17.9 Å². The molecule has 1 fully saturated rings. The summed E-state index contributed by atoms with van der Waals surface area (Å²) in [5.41, 5.74) is 2.67. The number of aromatic nitrogens is 5. The van der Waals surface area contributed by atoms with Crippen LogP contribution >= 0.6 is 0 Å². The second kappa shape index (κ2) is 8.27. The Bertz CT molecular complexity index is 1380. The summed E-state index contributed by atoms with van der Waals surface area (Å²) in [4.78, 5) is 17.2. The van der Waals surface area contributed by atoms with Crippen LogP contribution in [0.1, 0.15) is 46.8 Å². The normalized spacial score (nSPS) is 14.0. The molecule has 0 bridgehead atoms. The van der Waals surface area contributed by atoms with E-state index < -0.39 is 17.6 Å². The van der Waals surface area contributed by atoms with Crippen molar-refractivity contribution in [2.45, 2.75) is 51.9 Å². The molecule has 34 heavy (non-hydrogen) atoms. The molecule has 0 spiro atoms. The number of carbonyl (C=O) groups is 1. The van der Waals surface area contributed by atoms with Gasteiger partial charge in [0.1, 0.15) is 6.54 Å². The van der Waals surface area contributed by atoms with E-state index in [2.05, 4.69) is 20.5 Å². The van der Waals surface area contributed by atoms with E-state index in [1.807, 2.05) is 31.2 Å². The molecule has 1 aliphatic rings. The molecule has 0 aliphatic heterocycles. The molecule has 1 aromatic carbocycles. The Labute approximate surface area is 193 Å². The second-order valence-corrected chi connectivity index (χ2v) is 8.71. The number of pyridine rings is 1. The molecule has 7 nitrogen and oxygen atoms in total. The van der Waals surface area contributed by atoms with Crippen molar-refractivity contribution in [3.8, 4) is 0 Å². The molecule has 4 aromatic rings. The zero-order valence-electron chi connectivity index (χ0n) is 18.7. The zero-order chi connectivity index (χ0) is 24.0. The van der Waals surface area contributed by atoms with E-state index in [1.165, 1.54) is 17.8 Å². The molecule has 176 valence electrons. The molecule has 1 saturated carbocycles. The van der Waals surface area contributed by atoms with Crippen molar-refractivity contribution in [3.05, 3.63) is 70.8 Å².